The van der Waals surface area contributed by atoms with E-state index >= 15 is 0 Å². The van der Waals surface area contributed by atoms with Crippen LogP contribution in [0.5, 0.6) is 0 Å². The predicted octanol–water partition coefficient (Wildman–Crippen LogP) is 4.37. The Kier molecular flexibility index (Phi) is 7.61. The topological polar surface area (TPSA) is 55.4 Å². The summed E-state index contributed by atoms with van der Waals surface area (Å²) in [5, 5.41) is 2.74. The predicted molar refractivity (Wildman–Crippen MR) is 106 cm³/mol. The van der Waals surface area contributed by atoms with Gasteiger partial charge in [-0.05, 0) is 61.6 Å². The van der Waals surface area contributed by atoms with E-state index in [4.69, 9.17) is 4.74 Å². The van der Waals surface area contributed by atoms with Crippen LogP contribution < -0.4 is 5.32 Å². The molecule has 27 heavy (non-hydrogen) atoms. The molecule has 0 radical (unpaired) electrons. The maximum absolute atomic E-state index is 13.0. The van der Waals surface area contributed by atoms with Gasteiger partial charge in [0.1, 0.15) is 5.82 Å². The van der Waals surface area contributed by atoms with Crippen molar-refractivity contribution >= 4 is 29.7 Å². The van der Waals surface area contributed by atoms with Gasteiger partial charge in [0.15, 0.2) is 6.10 Å². The first-order chi connectivity index (χ1) is 12.9. The van der Waals surface area contributed by atoms with E-state index in [0.717, 1.165) is 16.0 Å². The van der Waals surface area contributed by atoms with Crippen LogP contribution in [0.25, 0.3) is 6.08 Å². The second kappa shape index (κ2) is 9.92. The van der Waals surface area contributed by atoms with E-state index in [2.05, 4.69) is 5.32 Å². The Hall–Kier alpha value is -2.60. The van der Waals surface area contributed by atoms with Crippen molar-refractivity contribution in [2.45, 2.75) is 30.9 Å². The summed E-state index contributed by atoms with van der Waals surface area (Å²) in [5.41, 5.74) is 1.63. The molecule has 0 aliphatic carbocycles. The molecule has 2 atom stereocenters. The molecule has 0 aliphatic rings. The zero-order chi connectivity index (χ0) is 19.8. The van der Waals surface area contributed by atoms with Gasteiger partial charge >= 0.3 is 5.97 Å². The third-order valence-corrected chi connectivity index (χ3v) is 4.66. The molecule has 0 fully saturated rings. The van der Waals surface area contributed by atoms with Crippen molar-refractivity contribution in [1.82, 2.24) is 5.32 Å². The van der Waals surface area contributed by atoms with Crippen LogP contribution in [0.15, 0.2) is 59.5 Å². The highest BCUT2D eigenvalue weighted by atomic mass is 32.2. The number of carbonyl (C=O) groups excluding carboxylic acids is 2. The van der Waals surface area contributed by atoms with Crippen LogP contribution in [0.2, 0.25) is 0 Å². The van der Waals surface area contributed by atoms with Crippen molar-refractivity contribution < 1.29 is 18.7 Å². The van der Waals surface area contributed by atoms with Gasteiger partial charge in [-0.25, -0.2) is 9.18 Å². The minimum atomic E-state index is -0.941. The number of hydrogen-bond donors (Lipinski definition) is 1. The van der Waals surface area contributed by atoms with E-state index in [1.54, 1.807) is 36.9 Å². The van der Waals surface area contributed by atoms with Crippen LogP contribution >= 0.6 is 11.8 Å². The standard InChI is InChI=1S/C21H22FNO3S/c1-14(17-7-9-18(22)10-8-17)23-21(25)15(2)26-20(24)13-6-16-4-11-19(27-3)12-5-16/h4-15H,1-3H3,(H,23,25)/b13-6+/t14-,15+/m1/s1. The van der Waals surface area contributed by atoms with Crippen LogP contribution in [0.1, 0.15) is 31.0 Å². The fourth-order valence-electron chi connectivity index (χ4n) is 2.31. The van der Waals surface area contributed by atoms with Crippen molar-refractivity contribution in [2.24, 2.45) is 0 Å². The van der Waals surface area contributed by atoms with Gasteiger partial charge in [-0.2, -0.15) is 0 Å². The molecule has 0 unspecified atom stereocenters. The van der Waals surface area contributed by atoms with E-state index in [0.29, 0.717) is 0 Å². The fourth-order valence-corrected chi connectivity index (χ4v) is 2.72. The molecule has 0 aliphatic heterocycles. The van der Waals surface area contributed by atoms with Crippen molar-refractivity contribution in [3.8, 4) is 0 Å². The lowest BCUT2D eigenvalue weighted by atomic mass is 10.1. The highest BCUT2D eigenvalue weighted by Crippen LogP contribution is 2.16. The molecule has 6 heteroatoms. The molecule has 4 nitrogen and oxygen atoms in total. The van der Waals surface area contributed by atoms with Gasteiger partial charge in [0.2, 0.25) is 0 Å². The van der Waals surface area contributed by atoms with Gasteiger partial charge in [0.05, 0.1) is 6.04 Å². The number of nitrogens with one attached hydrogen (secondary N) is 1. The highest BCUT2D eigenvalue weighted by Gasteiger charge is 2.19. The number of carbonyl (C=O) groups is 2. The van der Waals surface area contributed by atoms with Crippen molar-refractivity contribution in [3.05, 3.63) is 71.6 Å². The van der Waals surface area contributed by atoms with Crippen molar-refractivity contribution in [3.63, 3.8) is 0 Å². The number of thioether (sulfide) groups is 1. The first kappa shape index (κ1) is 20.7. The summed E-state index contributed by atoms with van der Waals surface area (Å²) in [7, 11) is 0. The van der Waals surface area contributed by atoms with Gasteiger partial charge in [-0.3, -0.25) is 4.79 Å². The Bertz CT molecular complexity index is 803. The number of rotatable bonds is 7. The average Bonchev–Trinajstić information content (AvgIpc) is 2.67. The fraction of sp³-hybridized carbons (Fsp3) is 0.238. The Morgan fingerprint density at radius 2 is 1.70 bits per heavy atom. The second-order valence-corrected chi connectivity index (χ2v) is 6.85. The maximum atomic E-state index is 13.0. The van der Waals surface area contributed by atoms with Gasteiger partial charge < -0.3 is 10.1 Å². The second-order valence-electron chi connectivity index (χ2n) is 5.97. The van der Waals surface area contributed by atoms with E-state index in [-0.39, 0.29) is 11.9 Å². The van der Waals surface area contributed by atoms with Crippen LogP contribution in [0, 0.1) is 5.82 Å². The molecular formula is C21H22FNO3S. The number of ether oxygens (including phenoxy) is 1. The molecule has 142 valence electrons. The van der Waals surface area contributed by atoms with Crippen molar-refractivity contribution in [1.29, 1.82) is 0 Å². The smallest absolute Gasteiger partial charge is 0.331 e. The molecular weight excluding hydrogens is 365 g/mol. The van der Waals surface area contributed by atoms with Gasteiger partial charge in [-0.1, -0.05) is 24.3 Å². The molecule has 0 bridgehead atoms. The Labute approximate surface area is 162 Å². The quantitative estimate of drug-likeness (QED) is 0.435. The van der Waals surface area contributed by atoms with Crippen LogP contribution in [-0.4, -0.2) is 24.2 Å². The minimum Gasteiger partial charge on any atom is -0.449 e. The van der Waals surface area contributed by atoms with Gasteiger partial charge in [0.25, 0.3) is 5.91 Å². The molecule has 0 spiro atoms. The molecule has 0 saturated carbocycles. The first-order valence-corrected chi connectivity index (χ1v) is 9.70. The molecule has 0 aromatic heterocycles. The summed E-state index contributed by atoms with van der Waals surface area (Å²) in [6.45, 7) is 3.28. The van der Waals surface area contributed by atoms with Crippen molar-refractivity contribution in [2.75, 3.05) is 6.26 Å². The summed E-state index contributed by atoms with van der Waals surface area (Å²) in [5.74, 6) is -1.35. The molecule has 0 saturated heterocycles. The largest absolute Gasteiger partial charge is 0.449 e. The maximum Gasteiger partial charge on any atom is 0.331 e. The molecule has 1 N–H and O–H groups in total. The lowest BCUT2D eigenvalue weighted by Gasteiger charge is -2.17. The number of hydrogen-bond acceptors (Lipinski definition) is 4. The molecule has 0 heterocycles. The molecule has 1 amide bonds. The summed E-state index contributed by atoms with van der Waals surface area (Å²) in [4.78, 5) is 25.2. The van der Waals surface area contributed by atoms with Gasteiger partial charge in [0, 0.05) is 11.0 Å². The van der Waals surface area contributed by atoms with Crippen LogP contribution in [0.4, 0.5) is 4.39 Å². The van der Waals surface area contributed by atoms with Crippen LogP contribution in [-0.2, 0) is 14.3 Å². The zero-order valence-electron chi connectivity index (χ0n) is 15.4. The van der Waals surface area contributed by atoms with Gasteiger partial charge in [-0.15, -0.1) is 11.8 Å². The zero-order valence-corrected chi connectivity index (χ0v) is 16.3. The first-order valence-electron chi connectivity index (χ1n) is 8.47. The van der Waals surface area contributed by atoms with E-state index < -0.39 is 18.0 Å². The Morgan fingerprint density at radius 1 is 1.07 bits per heavy atom. The lowest BCUT2D eigenvalue weighted by Crippen LogP contribution is -2.37. The normalized spacial score (nSPS) is 13.2. The number of benzene rings is 2. The average molecular weight is 387 g/mol. The molecule has 2 aromatic carbocycles. The third-order valence-electron chi connectivity index (χ3n) is 3.92. The highest BCUT2D eigenvalue weighted by molar-refractivity contribution is 7.98. The SMILES string of the molecule is CSc1ccc(/C=C/C(=O)O[C@@H](C)C(=O)N[C@H](C)c2ccc(F)cc2)cc1. The number of halogens is 1. The summed E-state index contributed by atoms with van der Waals surface area (Å²) < 4.78 is 18.1. The monoisotopic (exact) mass is 387 g/mol. The summed E-state index contributed by atoms with van der Waals surface area (Å²) in [6.07, 6.45) is 3.98. The summed E-state index contributed by atoms with van der Waals surface area (Å²) in [6, 6.07) is 13.3. The Balaban J connectivity index is 1.86. The number of esters is 1. The molecule has 2 aromatic rings. The Morgan fingerprint density at radius 3 is 2.30 bits per heavy atom. The van der Waals surface area contributed by atoms with E-state index in [9.17, 15) is 14.0 Å². The summed E-state index contributed by atoms with van der Waals surface area (Å²) >= 11 is 1.64. The molecule has 2 rings (SSSR count). The van der Waals surface area contributed by atoms with E-state index in [1.165, 1.54) is 25.1 Å². The minimum absolute atomic E-state index is 0.329. The number of amides is 1. The van der Waals surface area contributed by atoms with E-state index in [1.807, 2.05) is 30.5 Å². The third kappa shape index (κ3) is 6.57. The van der Waals surface area contributed by atoms with Crippen LogP contribution in [0.3, 0.4) is 0 Å². The lowest BCUT2D eigenvalue weighted by molar-refractivity contribution is -0.150.